The Labute approximate surface area is 407 Å². The molecule has 5 atom stereocenters. The second-order valence-corrected chi connectivity index (χ2v) is 17.5. The third-order valence-electron chi connectivity index (χ3n) is 11.4. The number of carboxylic acids is 1. The van der Waals surface area contributed by atoms with Crippen molar-refractivity contribution in [3.8, 4) is 0 Å². The highest BCUT2D eigenvalue weighted by atomic mass is 16.8. The fraction of sp³-hybridized carbons (Fsp3) is 0.851. The Morgan fingerprint density at radius 2 is 0.913 bits per heavy atom. The Balaban J connectivity index is 1.26. The first kappa shape index (κ1) is 61.1. The molecule has 2 saturated heterocycles. The fourth-order valence-electron chi connectivity index (χ4n) is 7.47. The molecule has 2 bridgehead atoms. The van der Waals surface area contributed by atoms with Gasteiger partial charge in [0, 0.05) is 91.4 Å². The van der Waals surface area contributed by atoms with Gasteiger partial charge in [0.05, 0.1) is 46.2 Å². The number of rotatable bonds is 44. The van der Waals surface area contributed by atoms with Gasteiger partial charge in [-0.05, 0) is 51.4 Å². The lowest BCUT2D eigenvalue weighted by Gasteiger charge is -2.42. The number of aliphatic hydroxyl groups excluding tert-OH is 2. The van der Waals surface area contributed by atoms with Crippen LogP contribution in [-0.2, 0) is 62.0 Å². The van der Waals surface area contributed by atoms with Crippen LogP contribution in [0.1, 0.15) is 135 Å². The van der Waals surface area contributed by atoms with Gasteiger partial charge in [0.2, 0.25) is 35.4 Å². The smallest absolute Gasteiger partial charge is 0.303 e. The molecule has 0 aromatic heterocycles. The molecule has 2 rings (SSSR count). The lowest BCUT2D eigenvalue weighted by molar-refractivity contribution is -0.237. The highest BCUT2D eigenvalue weighted by molar-refractivity contribution is 5.77. The molecule has 0 radical (unpaired) electrons. The van der Waals surface area contributed by atoms with Crippen molar-refractivity contribution in [3.63, 3.8) is 0 Å². The van der Waals surface area contributed by atoms with E-state index in [0.29, 0.717) is 117 Å². The van der Waals surface area contributed by atoms with Gasteiger partial charge in [-0.1, -0.05) is 38.5 Å². The topological polar surface area (TPSA) is 308 Å². The summed E-state index contributed by atoms with van der Waals surface area (Å²) in [5.41, 5.74) is -1.22. The van der Waals surface area contributed by atoms with Gasteiger partial charge in [-0.3, -0.25) is 33.6 Å². The highest BCUT2D eigenvalue weighted by Crippen LogP contribution is 2.37. The number of amides is 6. The molecule has 2 fully saturated rings. The summed E-state index contributed by atoms with van der Waals surface area (Å²) in [4.78, 5) is 82.3. The fourth-order valence-corrected chi connectivity index (χ4v) is 7.47. The van der Waals surface area contributed by atoms with E-state index in [-0.39, 0.29) is 81.1 Å². The highest BCUT2D eigenvalue weighted by Gasteiger charge is 2.59. The molecule has 22 heteroatoms. The van der Waals surface area contributed by atoms with Crippen molar-refractivity contribution in [2.45, 2.75) is 165 Å². The standard InChI is InChI=1S/C47H84N6O16/c1-36(54)53-43-44(62)45(63)47(35-68-46(43)69-47)34-67-28-13-11-18-38(56)49-23-15-25-51-41(59)21-30-66-33-32-64-27-12-10-17-37(55)48-22-14-24-50-40(58)20-29-65-31-26-52-39(57)16-8-6-4-2-3-5-7-9-19-42(60)61/h43-46,62-63H,2-35H2,1H3,(H,48,55)(H,49,56)(H,50,58)(H,51,59)(H,52,57)(H,53,54)(H,60,61)/t43-,44-,45-,46+,47+/m1/s1. The molecule has 0 unspecified atom stereocenters. The second-order valence-electron chi connectivity index (χ2n) is 17.5. The van der Waals surface area contributed by atoms with Gasteiger partial charge in [0.25, 0.3) is 0 Å². The monoisotopic (exact) mass is 989 g/mol. The summed E-state index contributed by atoms with van der Waals surface area (Å²) in [6.45, 7) is 5.82. The molecule has 69 heavy (non-hydrogen) atoms. The lowest BCUT2D eigenvalue weighted by Crippen LogP contribution is -2.66. The van der Waals surface area contributed by atoms with E-state index in [4.69, 9.17) is 33.5 Å². The van der Waals surface area contributed by atoms with Crippen molar-refractivity contribution in [3.05, 3.63) is 0 Å². The number of unbranched alkanes of at least 4 members (excludes halogenated alkanes) is 9. The van der Waals surface area contributed by atoms with Crippen LogP contribution in [0.15, 0.2) is 0 Å². The molecule has 2 aliphatic rings. The van der Waals surface area contributed by atoms with Crippen molar-refractivity contribution in [1.29, 1.82) is 0 Å². The number of hydrogen-bond acceptors (Lipinski definition) is 15. The number of fused-ring (bicyclic) bond motifs is 2. The zero-order valence-corrected chi connectivity index (χ0v) is 41.0. The quantitative estimate of drug-likeness (QED) is 0.0383. The third kappa shape index (κ3) is 30.3. The number of carbonyl (C=O) groups excluding carboxylic acids is 6. The summed E-state index contributed by atoms with van der Waals surface area (Å²) in [5, 5.41) is 46.4. The lowest BCUT2D eigenvalue weighted by atomic mass is 9.88. The van der Waals surface area contributed by atoms with E-state index in [9.17, 15) is 43.8 Å². The maximum atomic E-state index is 12.2. The molecule has 2 heterocycles. The van der Waals surface area contributed by atoms with Crippen LogP contribution in [0.4, 0.5) is 0 Å². The van der Waals surface area contributed by atoms with Gasteiger partial charge < -0.3 is 75.6 Å². The Morgan fingerprint density at radius 1 is 0.493 bits per heavy atom. The van der Waals surface area contributed by atoms with Crippen molar-refractivity contribution in [2.24, 2.45) is 0 Å². The van der Waals surface area contributed by atoms with Crippen molar-refractivity contribution in [2.75, 3.05) is 92.2 Å². The van der Waals surface area contributed by atoms with E-state index in [0.717, 1.165) is 57.8 Å². The first-order valence-corrected chi connectivity index (χ1v) is 25.1. The van der Waals surface area contributed by atoms with Crippen molar-refractivity contribution >= 4 is 41.4 Å². The van der Waals surface area contributed by atoms with Gasteiger partial charge in [-0.15, -0.1) is 0 Å². The Hall–Kier alpha value is -4.03. The van der Waals surface area contributed by atoms with Crippen LogP contribution in [0.25, 0.3) is 0 Å². The minimum absolute atomic E-state index is 0.00623. The van der Waals surface area contributed by atoms with E-state index in [2.05, 4.69) is 31.9 Å². The van der Waals surface area contributed by atoms with E-state index in [1.54, 1.807) is 0 Å². The van der Waals surface area contributed by atoms with Crippen molar-refractivity contribution in [1.82, 2.24) is 31.9 Å². The number of aliphatic carboxylic acids is 1. The average Bonchev–Trinajstić information content (AvgIpc) is 3.72. The van der Waals surface area contributed by atoms with Crippen LogP contribution in [-0.4, -0.2) is 179 Å². The SMILES string of the molecule is CC(=O)N[C@H]1[C@H]2OC[C@](COCCCCC(=O)NCCCNC(=O)CCOCCOCCCCC(=O)NCCCNC(=O)CCOCCNC(=O)CCCCCCCCCCC(=O)O)(O2)[C@H](O)[C@@H]1O. The maximum absolute atomic E-state index is 12.2. The molecule has 9 N–H and O–H groups in total. The molecule has 0 aromatic rings. The Kier molecular flexibility index (Phi) is 34.3. The molecule has 0 aromatic carbocycles. The molecule has 0 spiro atoms. The Bertz CT molecular complexity index is 1480. The normalized spacial score (nSPS) is 19.4. The zero-order valence-electron chi connectivity index (χ0n) is 41.0. The van der Waals surface area contributed by atoms with E-state index < -0.39 is 36.1 Å². The molecular weight excluding hydrogens is 905 g/mol. The van der Waals surface area contributed by atoms with Crippen LogP contribution < -0.4 is 31.9 Å². The number of carboxylic acid groups (broad SMARTS) is 1. The number of nitrogens with one attached hydrogen (secondary N) is 6. The van der Waals surface area contributed by atoms with Gasteiger partial charge >= 0.3 is 5.97 Å². The van der Waals surface area contributed by atoms with Gasteiger partial charge in [0.1, 0.15) is 23.9 Å². The largest absolute Gasteiger partial charge is 0.481 e. The van der Waals surface area contributed by atoms with Gasteiger partial charge in [-0.2, -0.15) is 0 Å². The summed E-state index contributed by atoms with van der Waals surface area (Å²) in [6.07, 6.45) is 9.97. The summed E-state index contributed by atoms with van der Waals surface area (Å²) in [7, 11) is 0. The van der Waals surface area contributed by atoms with Crippen LogP contribution in [0.3, 0.4) is 0 Å². The molecule has 398 valence electrons. The number of aliphatic hydroxyl groups is 2. The summed E-state index contributed by atoms with van der Waals surface area (Å²) < 4.78 is 33.5. The number of carbonyl (C=O) groups is 7. The number of ether oxygens (including phenoxy) is 6. The first-order chi connectivity index (χ1) is 33.3. The second kappa shape index (κ2) is 38.7. The minimum atomic E-state index is -1.31. The zero-order chi connectivity index (χ0) is 50.4. The summed E-state index contributed by atoms with van der Waals surface area (Å²) in [5.74, 6) is -1.57. The molecule has 6 amide bonds. The molecular formula is C47H84N6O16. The van der Waals surface area contributed by atoms with Gasteiger partial charge in [-0.25, -0.2) is 0 Å². The van der Waals surface area contributed by atoms with Crippen LogP contribution in [0.2, 0.25) is 0 Å². The maximum Gasteiger partial charge on any atom is 0.303 e. The summed E-state index contributed by atoms with van der Waals surface area (Å²) >= 11 is 0. The molecule has 0 aliphatic carbocycles. The number of hydrogen-bond donors (Lipinski definition) is 9. The average molecular weight is 989 g/mol. The van der Waals surface area contributed by atoms with E-state index in [1.807, 2.05) is 0 Å². The minimum Gasteiger partial charge on any atom is -0.481 e. The van der Waals surface area contributed by atoms with Crippen LogP contribution >= 0.6 is 0 Å². The first-order valence-electron chi connectivity index (χ1n) is 25.1. The molecule has 0 saturated carbocycles. The molecule has 22 nitrogen and oxygen atoms in total. The predicted octanol–water partition coefficient (Wildman–Crippen LogP) is 0.872. The van der Waals surface area contributed by atoms with Gasteiger partial charge in [0.15, 0.2) is 6.29 Å². The van der Waals surface area contributed by atoms with Crippen molar-refractivity contribution < 1.29 is 77.3 Å². The third-order valence-corrected chi connectivity index (χ3v) is 11.4. The summed E-state index contributed by atoms with van der Waals surface area (Å²) in [6, 6.07) is -0.879. The predicted molar refractivity (Wildman–Crippen MR) is 251 cm³/mol. The van der Waals surface area contributed by atoms with Crippen LogP contribution in [0, 0.1) is 0 Å². The van der Waals surface area contributed by atoms with Crippen LogP contribution in [0.5, 0.6) is 0 Å². The van der Waals surface area contributed by atoms with E-state index >= 15 is 0 Å². The Morgan fingerprint density at radius 3 is 1.42 bits per heavy atom. The molecule has 2 aliphatic heterocycles. The van der Waals surface area contributed by atoms with E-state index in [1.165, 1.54) is 6.92 Å².